The van der Waals surface area contributed by atoms with Gasteiger partial charge >= 0.3 is 5.97 Å². The first-order chi connectivity index (χ1) is 6.02. The van der Waals surface area contributed by atoms with E-state index in [2.05, 4.69) is 10.1 Å². The van der Waals surface area contributed by atoms with Gasteiger partial charge in [-0.1, -0.05) is 0 Å². The molecule has 6 heteroatoms. The molecule has 0 aliphatic heterocycles. The number of aryl methyl sites for hydroxylation is 1. The molecule has 0 spiro atoms. The molecule has 1 heterocycles. The monoisotopic (exact) mass is 184 g/mol. The van der Waals surface area contributed by atoms with Crippen molar-refractivity contribution in [3.8, 4) is 0 Å². The maximum absolute atomic E-state index is 10.6. The Kier molecular flexibility index (Phi) is 2.62. The van der Waals surface area contributed by atoms with Crippen LogP contribution >= 0.6 is 0 Å². The number of nitrogens with zero attached hydrogens (tertiary/aromatic N) is 3. The molecule has 0 fully saturated rings. The van der Waals surface area contributed by atoms with Crippen molar-refractivity contribution in [2.75, 3.05) is 0 Å². The highest BCUT2D eigenvalue weighted by atomic mass is 16.4. The van der Waals surface area contributed by atoms with Crippen LogP contribution in [-0.4, -0.2) is 31.4 Å². The molecule has 0 radical (unpaired) electrons. The van der Waals surface area contributed by atoms with Gasteiger partial charge in [-0.3, -0.25) is 9.48 Å². The topological polar surface area (TPSA) is 94.0 Å². The van der Waals surface area contributed by atoms with Crippen LogP contribution in [0.2, 0.25) is 0 Å². The highest BCUT2D eigenvalue weighted by molar-refractivity contribution is 5.77. The Bertz CT molecular complexity index is 281. The quantitative estimate of drug-likeness (QED) is 0.656. The van der Waals surface area contributed by atoms with Crippen molar-refractivity contribution in [1.29, 1.82) is 0 Å². The van der Waals surface area contributed by atoms with Crippen LogP contribution in [0.1, 0.15) is 13.3 Å². The Hall–Kier alpha value is -1.43. The van der Waals surface area contributed by atoms with Gasteiger partial charge in [0.1, 0.15) is 18.2 Å². The summed E-state index contributed by atoms with van der Waals surface area (Å²) in [5, 5.41) is 12.5. The van der Waals surface area contributed by atoms with Gasteiger partial charge in [0.15, 0.2) is 0 Å². The van der Waals surface area contributed by atoms with Crippen LogP contribution in [-0.2, 0) is 11.3 Å². The van der Waals surface area contributed by atoms with Crippen LogP contribution in [0, 0.1) is 0 Å². The molecule has 0 aromatic carbocycles. The van der Waals surface area contributed by atoms with Gasteiger partial charge < -0.3 is 10.8 Å². The molecule has 1 aromatic heterocycles. The van der Waals surface area contributed by atoms with Crippen LogP contribution < -0.4 is 5.73 Å². The Morgan fingerprint density at radius 2 is 2.46 bits per heavy atom. The van der Waals surface area contributed by atoms with Crippen LogP contribution in [0.4, 0.5) is 0 Å². The molecule has 0 bridgehead atoms. The molecule has 6 nitrogen and oxygen atoms in total. The van der Waals surface area contributed by atoms with E-state index in [4.69, 9.17) is 10.8 Å². The van der Waals surface area contributed by atoms with E-state index in [1.54, 1.807) is 4.68 Å². The first-order valence-electron chi connectivity index (χ1n) is 3.87. The number of carboxylic acid groups (broad SMARTS) is 1. The number of hydrogen-bond acceptors (Lipinski definition) is 4. The summed E-state index contributed by atoms with van der Waals surface area (Å²) in [6.45, 7) is 1.94. The fourth-order valence-corrected chi connectivity index (χ4v) is 0.802. The average molecular weight is 184 g/mol. The van der Waals surface area contributed by atoms with E-state index in [0.717, 1.165) is 0 Å². The maximum atomic E-state index is 10.6. The second-order valence-corrected chi connectivity index (χ2v) is 3.13. The first kappa shape index (κ1) is 9.66. The van der Waals surface area contributed by atoms with Gasteiger partial charge in [-0.05, 0) is 13.3 Å². The minimum atomic E-state index is -1.20. The zero-order valence-corrected chi connectivity index (χ0v) is 7.34. The molecule has 3 N–H and O–H groups in total. The summed E-state index contributed by atoms with van der Waals surface area (Å²) < 4.78 is 1.55. The lowest BCUT2D eigenvalue weighted by Crippen LogP contribution is -2.45. The maximum Gasteiger partial charge on any atom is 0.323 e. The highest BCUT2D eigenvalue weighted by Gasteiger charge is 2.27. The van der Waals surface area contributed by atoms with E-state index >= 15 is 0 Å². The van der Waals surface area contributed by atoms with Crippen molar-refractivity contribution in [1.82, 2.24) is 14.8 Å². The van der Waals surface area contributed by atoms with E-state index in [-0.39, 0.29) is 0 Å². The normalized spacial score (nSPS) is 15.2. The van der Waals surface area contributed by atoms with Crippen LogP contribution in [0.3, 0.4) is 0 Å². The van der Waals surface area contributed by atoms with Crippen molar-refractivity contribution in [3.05, 3.63) is 12.7 Å². The molecule has 1 atom stereocenters. The number of rotatable bonds is 4. The molecule has 72 valence electrons. The molecule has 0 saturated heterocycles. The predicted molar refractivity (Wildman–Crippen MR) is 44.9 cm³/mol. The van der Waals surface area contributed by atoms with Gasteiger partial charge in [0.25, 0.3) is 0 Å². The van der Waals surface area contributed by atoms with Crippen molar-refractivity contribution in [2.24, 2.45) is 5.73 Å². The molecular formula is C7H12N4O2. The lowest BCUT2D eigenvalue weighted by Gasteiger charge is -2.18. The predicted octanol–water partition coefficient (Wildman–Crippen LogP) is -0.530. The van der Waals surface area contributed by atoms with Gasteiger partial charge in [-0.15, -0.1) is 0 Å². The van der Waals surface area contributed by atoms with Gasteiger partial charge in [-0.2, -0.15) is 5.10 Å². The number of aromatic nitrogens is 3. The Morgan fingerprint density at radius 3 is 2.92 bits per heavy atom. The molecule has 0 aliphatic carbocycles. The second-order valence-electron chi connectivity index (χ2n) is 3.13. The molecule has 13 heavy (non-hydrogen) atoms. The smallest absolute Gasteiger partial charge is 0.323 e. The third-order valence-electron chi connectivity index (χ3n) is 1.82. The van der Waals surface area contributed by atoms with Gasteiger partial charge in [0.05, 0.1) is 0 Å². The fraction of sp³-hybridized carbons (Fsp3) is 0.571. The number of carboxylic acids is 1. The molecule has 1 unspecified atom stereocenters. The van der Waals surface area contributed by atoms with Gasteiger partial charge in [-0.25, -0.2) is 4.98 Å². The summed E-state index contributed by atoms with van der Waals surface area (Å²) in [6, 6.07) is 0. The van der Waals surface area contributed by atoms with Crippen molar-refractivity contribution in [3.63, 3.8) is 0 Å². The summed E-state index contributed by atoms with van der Waals surface area (Å²) in [7, 11) is 0. The Balaban J connectivity index is 2.47. The van der Waals surface area contributed by atoms with E-state index < -0.39 is 11.5 Å². The molecule has 0 amide bonds. The van der Waals surface area contributed by atoms with Gasteiger partial charge in [0.2, 0.25) is 0 Å². The third-order valence-corrected chi connectivity index (χ3v) is 1.82. The summed E-state index contributed by atoms with van der Waals surface area (Å²) in [5.41, 5.74) is 4.31. The SMILES string of the molecule is CC(N)(CCn1cncn1)C(=O)O. The summed E-state index contributed by atoms with van der Waals surface area (Å²) in [6.07, 6.45) is 3.25. The van der Waals surface area contributed by atoms with E-state index in [1.807, 2.05) is 0 Å². The number of carbonyl (C=O) groups is 1. The fourth-order valence-electron chi connectivity index (χ4n) is 0.802. The molecule has 0 saturated carbocycles. The average Bonchev–Trinajstić information content (AvgIpc) is 2.52. The molecule has 1 aromatic rings. The number of hydrogen-bond donors (Lipinski definition) is 2. The first-order valence-corrected chi connectivity index (χ1v) is 3.87. The highest BCUT2D eigenvalue weighted by Crippen LogP contribution is 2.06. The third kappa shape index (κ3) is 2.51. The molecule has 0 aliphatic rings. The van der Waals surface area contributed by atoms with Crippen molar-refractivity contribution < 1.29 is 9.90 Å². The van der Waals surface area contributed by atoms with E-state index in [1.165, 1.54) is 19.6 Å². The summed E-state index contributed by atoms with van der Waals surface area (Å²) in [5.74, 6) is -1.01. The van der Waals surface area contributed by atoms with Crippen LogP contribution in [0.15, 0.2) is 12.7 Å². The molecule has 1 rings (SSSR count). The summed E-state index contributed by atoms with van der Waals surface area (Å²) >= 11 is 0. The van der Waals surface area contributed by atoms with Crippen molar-refractivity contribution in [2.45, 2.75) is 25.4 Å². The van der Waals surface area contributed by atoms with Crippen LogP contribution in [0.25, 0.3) is 0 Å². The number of nitrogens with two attached hydrogens (primary N) is 1. The van der Waals surface area contributed by atoms with E-state index in [9.17, 15) is 4.79 Å². The minimum absolute atomic E-state index is 0.325. The van der Waals surface area contributed by atoms with Crippen LogP contribution in [0.5, 0.6) is 0 Å². The zero-order chi connectivity index (χ0) is 9.90. The largest absolute Gasteiger partial charge is 0.480 e. The lowest BCUT2D eigenvalue weighted by atomic mass is 10.0. The minimum Gasteiger partial charge on any atom is -0.480 e. The number of aliphatic carboxylic acids is 1. The van der Waals surface area contributed by atoms with Gasteiger partial charge in [0, 0.05) is 6.54 Å². The lowest BCUT2D eigenvalue weighted by molar-refractivity contribution is -0.143. The molecular weight excluding hydrogens is 172 g/mol. The summed E-state index contributed by atoms with van der Waals surface area (Å²) in [4.78, 5) is 14.3. The Labute approximate surface area is 75.4 Å². The zero-order valence-electron chi connectivity index (χ0n) is 7.34. The Morgan fingerprint density at radius 1 is 1.77 bits per heavy atom. The second kappa shape index (κ2) is 3.53. The van der Waals surface area contributed by atoms with Crippen molar-refractivity contribution >= 4 is 5.97 Å². The standard InChI is InChI=1S/C7H12N4O2/c1-7(8,6(12)13)2-3-11-5-9-4-10-11/h4-5H,2-3,8H2,1H3,(H,12,13). The van der Waals surface area contributed by atoms with E-state index in [0.29, 0.717) is 13.0 Å².